The summed E-state index contributed by atoms with van der Waals surface area (Å²) in [6.45, 7) is 3.67. The SMILES string of the molecule is CCN(CC1COc2ccccc2O1)C(=O)CSc1ccc2c3c(cccc13)CC2. The molecule has 30 heavy (non-hydrogen) atoms. The van der Waals surface area contributed by atoms with Gasteiger partial charge in [-0.05, 0) is 59.9 Å². The highest BCUT2D eigenvalue weighted by Gasteiger charge is 2.25. The number of carbonyl (C=O) groups excluding carboxylic acids is 1. The van der Waals surface area contributed by atoms with Crippen LogP contribution in [0.2, 0.25) is 0 Å². The summed E-state index contributed by atoms with van der Waals surface area (Å²) in [5.74, 6) is 2.08. The lowest BCUT2D eigenvalue weighted by Gasteiger charge is -2.31. The number of ether oxygens (including phenoxy) is 2. The summed E-state index contributed by atoms with van der Waals surface area (Å²) in [5, 5.41) is 2.68. The van der Waals surface area contributed by atoms with Gasteiger partial charge in [-0.1, -0.05) is 36.4 Å². The summed E-state index contributed by atoms with van der Waals surface area (Å²) in [6.07, 6.45) is 2.09. The van der Waals surface area contributed by atoms with Crippen LogP contribution in [0.5, 0.6) is 11.5 Å². The highest BCUT2D eigenvalue weighted by molar-refractivity contribution is 8.00. The second-order valence-electron chi connectivity index (χ2n) is 7.78. The van der Waals surface area contributed by atoms with Crippen molar-refractivity contribution in [2.24, 2.45) is 0 Å². The van der Waals surface area contributed by atoms with E-state index in [9.17, 15) is 4.79 Å². The van der Waals surface area contributed by atoms with Gasteiger partial charge in [0.15, 0.2) is 17.6 Å². The first-order valence-electron chi connectivity index (χ1n) is 10.6. The Hall–Kier alpha value is -2.66. The number of hydrogen-bond acceptors (Lipinski definition) is 4. The Bertz CT molecular complexity index is 1090. The molecule has 0 radical (unpaired) electrons. The van der Waals surface area contributed by atoms with Gasteiger partial charge in [0, 0.05) is 11.4 Å². The van der Waals surface area contributed by atoms with Crippen molar-refractivity contribution < 1.29 is 14.3 Å². The van der Waals surface area contributed by atoms with Gasteiger partial charge in [0.05, 0.1) is 12.3 Å². The normalized spacial score (nSPS) is 16.6. The third-order valence-corrected chi connectivity index (χ3v) is 6.97. The molecule has 0 spiro atoms. The molecule has 1 aliphatic heterocycles. The second kappa shape index (κ2) is 8.23. The molecule has 1 unspecified atom stereocenters. The smallest absolute Gasteiger partial charge is 0.233 e. The predicted octanol–water partition coefficient (Wildman–Crippen LogP) is 4.72. The predicted molar refractivity (Wildman–Crippen MR) is 121 cm³/mol. The molecule has 0 N–H and O–H groups in total. The molecule has 0 saturated carbocycles. The minimum atomic E-state index is -0.148. The molecule has 0 saturated heterocycles. The maximum atomic E-state index is 13.0. The summed E-state index contributed by atoms with van der Waals surface area (Å²) >= 11 is 1.63. The van der Waals surface area contributed by atoms with Gasteiger partial charge in [-0.25, -0.2) is 0 Å². The van der Waals surface area contributed by atoms with Crippen LogP contribution in [0.3, 0.4) is 0 Å². The number of nitrogens with zero attached hydrogens (tertiary/aromatic N) is 1. The number of hydrogen-bond donors (Lipinski definition) is 0. The van der Waals surface area contributed by atoms with Gasteiger partial charge < -0.3 is 14.4 Å². The van der Waals surface area contributed by atoms with E-state index in [2.05, 4.69) is 30.3 Å². The van der Waals surface area contributed by atoms with Crippen LogP contribution < -0.4 is 9.47 Å². The van der Waals surface area contributed by atoms with Crippen molar-refractivity contribution in [3.05, 3.63) is 65.7 Å². The van der Waals surface area contributed by atoms with E-state index in [1.807, 2.05) is 36.1 Å². The third-order valence-electron chi connectivity index (χ3n) is 5.91. The zero-order valence-electron chi connectivity index (χ0n) is 17.1. The molecule has 5 rings (SSSR count). The van der Waals surface area contributed by atoms with Crippen molar-refractivity contribution in [2.75, 3.05) is 25.4 Å². The fraction of sp³-hybridized carbons (Fsp3) is 0.320. The molecular formula is C25H25NO3S. The molecule has 0 aromatic heterocycles. The lowest BCUT2D eigenvalue weighted by Crippen LogP contribution is -2.44. The van der Waals surface area contributed by atoms with Crippen LogP contribution in [0.15, 0.2) is 59.5 Å². The van der Waals surface area contributed by atoms with Gasteiger partial charge in [-0.15, -0.1) is 11.8 Å². The van der Waals surface area contributed by atoms with Crippen LogP contribution in [0.1, 0.15) is 18.1 Å². The molecule has 1 atom stereocenters. The number of thioether (sulfide) groups is 1. The molecule has 0 fully saturated rings. The van der Waals surface area contributed by atoms with Gasteiger partial charge in [-0.2, -0.15) is 0 Å². The van der Waals surface area contributed by atoms with Gasteiger partial charge >= 0.3 is 0 Å². The molecule has 4 nitrogen and oxygen atoms in total. The summed E-state index contributed by atoms with van der Waals surface area (Å²) < 4.78 is 11.8. The number of para-hydroxylation sites is 2. The first-order valence-corrected chi connectivity index (χ1v) is 11.5. The molecule has 2 aliphatic rings. The molecule has 3 aromatic rings. The molecule has 5 heteroatoms. The minimum Gasteiger partial charge on any atom is -0.486 e. The molecule has 1 aliphatic carbocycles. The monoisotopic (exact) mass is 419 g/mol. The maximum absolute atomic E-state index is 13.0. The van der Waals surface area contributed by atoms with Crippen molar-refractivity contribution in [3.8, 4) is 11.5 Å². The lowest BCUT2D eigenvalue weighted by molar-refractivity contribution is -0.129. The van der Waals surface area contributed by atoms with Crippen molar-refractivity contribution in [1.82, 2.24) is 4.90 Å². The van der Waals surface area contributed by atoms with Crippen LogP contribution in [-0.2, 0) is 17.6 Å². The van der Waals surface area contributed by atoms with Crippen molar-refractivity contribution in [3.63, 3.8) is 0 Å². The Morgan fingerprint density at radius 2 is 1.83 bits per heavy atom. The van der Waals surface area contributed by atoms with Crippen molar-refractivity contribution in [1.29, 1.82) is 0 Å². The zero-order chi connectivity index (χ0) is 20.5. The van der Waals surface area contributed by atoms with Crippen LogP contribution >= 0.6 is 11.8 Å². The number of benzene rings is 3. The highest BCUT2D eigenvalue weighted by Crippen LogP contribution is 2.37. The molecule has 0 bridgehead atoms. The molecular weight excluding hydrogens is 394 g/mol. The largest absolute Gasteiger partial charge is 0.486 e. The zero-order valence-corrected chi connectivity index (χ0v) is 17.9. The van der Waals surface area contributed by atoms with Crippen LogP contribution in [0.4, 0.5) is 0 Å². The highest BCUT2D eigenvalue weighted by atomic mass is 32.2. The molecule has 3 aromatic carbocycles. The summed E-state index contributed by atoms with van der Waals surface area (Å²) in [7, 11) is 0. The summed E-state index contributed by atoms with van der Waals surface area (Å²) in [5.41, 5.74) is 2.86. The van der Waals surface area contributed by atoms with E-state index >= 15 is 0 Å². The van der Waals surface area contributed by atoms with E-state index in [1.54, 1.807) is 11.8 Å². The number of likely N-dealkylation sites (N-methyl/N-ethyl adjacent to an activating group) is 1. The van der Waals surface area contributed by atoms with Gasteiger partial charge in [0.25, 0.3) is 0 Å². The average Bonchev–Trinajstić information content (AvgIpc) is 3.21. The Morgan fingerprint density at radius 1 is 1.03 bits per heavy atom. The van der Waals surface area contributed by atoms with E-state index in [-0.39, 0.29) is 12.0 Å². The Kier molecular flexibility index (Phi) is 5.30. The second-order valence-corrected chi connectivity index (χ2v) is 8.80. The first kappa shape index (κ1) is 19.3. The number of amides is 1. The van der Waals surface area contributed by atoms with Crippen molar-refractivity contribution in [2.45, 2.75) is 30.8 Å². The van der Waals surface area contributed by atoms with E-state index in [1.165, 1.54) is 26.8 Å². The maximum Gasteiger partial charge on any atom is 0.233 e. The molecule has 154 valence electrons. The fourth-order valence-electron chi connectivity index (χ4n) is 4.38. The van der Waals surface area contributed by atoms with Crippen LogP contribution in [0, 0.1) is 0 Å². The van der Waals surface area contributed by atoms with Gasteiger partial charge in [-0.3, -0.25) is 4.79 Å². The standard InChI is InChI=1S/C25H25NO3S/c1-2-26(14-19-15-28-21-8-3-4-9-22(21)29-19)24(27)16-30-23-13-12-18-11-10-17-6-5-7-20(23)25(17)18/h3-9,12-13,19H,2,10-11,14-16H2,1H3. The van der Waals surface area contributed by atoms with E-state index in [0.717, 1.165) is 24.3 Å². The Balaban J connectivity index is 1.25. The number of rotatable bonds is 6. The number of carbonyl (C=O) groups is 1. The number of aryl methyl sites for hydroxylation is 2. The van der Waals surface area contributed by atoms with Crippen molar-refractivity contribution >= 4 is 28.4 Å². The fourth-order valence-corrected chi connectivity index (χ4v) is 5.33. The van der Waals surface area contributed by atoms with Gasteiger partial charge in [0.1, 0.15) is 6.61 Å². The minimum absolute atomic E-state index is 0.133. The first-order chi connectivity index (χ1) is 14.7. The average molecular weight is 420 g/mol. The Morgan fingerprint density at radius 3 is 2.67 bits per heavy atom. The topological polar surface area (TPSA) is 38.8 Å². The Labute approximate surface area is 181 Å². The van der Waals surface area contributed by atoms with Crippen LogP contribution in [0.25, 0.3) is 10.8 Å². The lowest BCUT2D eigenvalue weighted by atomic mass is 10.1. The van der Waals surface area contributed by atoms with Gasteiger partial charge in [0.2, 0.25) is 5.91 Å². The molecule has 1 heterocycles. The number of fused-ring (bicyclic) bond motifs is 1. The van der Waals surface area contributed by atoms with E-state index < -0.39 is 0 Å². The van der Waals surface area contributed by atoms with E-state index in [4.69, 9.17) is 9.47 Å². The molecule has 1 amide bonds. The quantitative estimate of drug-likeness (QED) is 0.542. The summed E-state index contributed by atoms with van der Waals surface area (Å²) in [4.78, 5) is 16.0. The summed E-state index contributed by atoms with van der Waals surface area (Å²) in [6, 6.07) is 18.6. The third kappa shape index (κ3) is 3.63. The van der Waals surface area contributed by atoms with Crippen LogP contribution in [-0.4, -0.2) is 42.4 Å². The van der Waals surface area contributed by atoms with E-state index in [0.29, 0.717) is 25.4 Å².